The summed E-state index contributed by atoms with van der Waals surface area (Å²) in [5.41, 5.74) is 2.24. The van der Waals surface area contributed by atoms with E-state index in [1.807, 2.05) is 23.6 Å². The van der Waals surface area contributed by atoms with Gasteiger partial charge in [0.15, 0.2) is 0 Å². The highest BCUT2D eigenvalue weighted by atomic mass is 32.1. The summed E-state index contributed by atoms with van der Waals surface area (Å²) in [7, 11) is 0. The monoisotopic (exact) mass is 327 g/mol. The molecule has 0 fully saturated rings. The summed E-state index contributed by atoms with van der Waals surface area (Å²) in [6.45, 7) is 0. The molecule has 0 saturated carbocycles. The Kier molecular flexibility index (Phi) is 4.73. The van der Waals surface area contributed by atoms with E-state index >= 15 is 0 Å². The molecule has 2 aromatic heterocycles. The minimum Gasteiger partial charge on any atom is -0.326 e. The van der Waals surface area contributed by atoms with Crippen molar-refractivity contribution < 1.29 is 9.18 Å². The summed E-state index contributed by atoms with van der Waals surface area (Å²) in [6.07, 6.45) is 2.60. The number of thiazole rings is 1. The number of hydrogen-bond acceptors (Lipinski definition) is 4. The number of carbonyl (C=O) groups excluding carboxylic acids is 1. The Morgan fingerprint density at radius 2 is 1.96 bits per heavy atom. The second-order valence-electron chi connectivity index (χ2n) is 4.96. The van der Waals surface area contributed by atoms with E-state index in [0.717, 1.165) is 16.4 Å². The fraction of sp³-hybridized carbons (Fsp3) is 0.118. The van der Waals surface area contributed by atoms with Crippen LogP contribution in [0.25, 0.3) is 0 Å². The quantitative estimate of drug-likeness (QED) is 0.781. The number of nitrogens with zero attached hydrogens (tertiary/aromatic N) is 2. The first-order chi connectivity index (χ1) is 11.2. The molecule has 0 atom stereocenters. The fourth-order valence-electron chi connectivity index (χ4n) is 2.07. The second kappa shape index (κ2) is 7.11. The zero-order chi connectivity index (χ0) is 16.1. The molecule has 2 heterocycles. The van der Waals surface area contributed by atoms with Gasteiger partial charge in [-0.2, -0.15) is 0 Å². The van der Waals surface area contributed by atoms with Crippen molar-refractivity contribution in [2.24, 2.45) is 0 Å². The minimum atomic E-state index is -0.332. The molecule has 4 nitrogen and oxygen atoms in total. The summed E-state index contributed by atoms with van der Waals surface area (Å²) < 4.78 is 12.8. The number of anilines is 1. The average Bonchev–Trinajstić information content (AvgIpc) is 2.97. The van der Waals surface area contributed by atoms with E-state index in [1.54, 1.807) is 6.20 Å². The predicted octanol–water partition coefficient (Wildman–Crippen LogP) is 3.45. The summed E-state index contributed by atoms with van der Waals surface area (Å²) in [6, 6.07) is 11.4. The highest BCUT2D eigenvalue weighted by molar-refractivity contribution is 7.09. The van der Waals surface area contributed by atoms with Gasteiger partial charge in [-0.3, -0.25) is 9.78 Å². The van der Waals surface area contributed by atoms with Crippen molar-refractivity contribution in [2.45, 2.75) is 12.8 Å². The van der Waals surface area contributed by atoms with Gasteiger partial charge in [-0.05, 0) is 36.4 Å². The van der Waals surface area contributed by atoms with Crippen molar-refractivity contribution in [3.63, 3.8) is 0 Å². The van der Waals surface area contributed by atoms with Crippen LogP contribution in [0.3, 0.4) is 0 Å². The Bertz CT molecular complexity index is 787. The van der Waals surface area contributed by atoms with Crippen LogP contribution in [0.5, 0.6) is 0 Å². The molecule has 6 heteroatoms. The maximum atomic E-state index is 12.8. The maximum absolute atomic E-state index is 12.8. The fourth-order valence-corrected chi connectivity index (χ4v) is 2.88. The van der Waals surface area contributed by atoms with E-state index in [1.165, 1.54) is 35.6 Å². The number of nitrogens with one attached hydrogen (secondary N) is 1. The van der Waals surface area contributed by atoms with Gasteiger partial charge < -0.3 is 5.32 Å². The first kappa shape index (κ1) is 15.3. The van der Waals surface area contributed by atoms with Gasteiger partial charge in [-0.25, -0.2) is 9.37 Å². The molecule has 0 unspecified atom stereocenters. The standard InChI is InChI=1S/C17H14FN3OS/c18-12-4-6-13(7-5-12)20-16(22)9-15-11-23-17(21-15)10-14-3-1-2-8-19-14/h1-8,11H,9-10H2,(H,20,22). The Labute approximate surface area is 137 Å². The third kappa shape index (κ3) is 4.43. The summed E-state index contributed by atoms with van der Waals surface area (Å²) >= 11 is 1.51. The molecule has 1 N–H and O–H groups in total. The molecule has 0 aliphatic rings. The molecular weight excluding hydrogens is 313 g/mol. The van der Waals surface area contributed by atoms with Crippen LogP contribution in [0, 0.1) is 5.82 Å². The number of halogens is 1. The van der Waals surface area contributed by atoms with Crippen LogP contribution in [0.4, 0.5) is 10.1 Å². The van der Waals surface area contributed by atoms with Gasteiger partial charge >= 0.3 is 0 Å². The lowest BCUT2D eigenvalue weighted by molar-refractivity contribution is -0.115. The number of hydrogen-bond donors (Lipinski definition) is 1. The highest BCUT2D eigenvalue weighted by Gasteiger charge is 2.09. The third-order valence-electron chi connectivity index (χ3n) is 3.13. The molecular formula is C17H14FN3OS. The van der Waals surface area contributed by atoms with Crippen molar-refractivity contribution >= 4 is 22.9 Å². The van der Waals surface area contributed by atoms with E-state index in [-0.39, 0.29) is 18.1 Å². The smallest absolute Gasteiger partial charge is 0.230 e. The van der Waals surface area contributed by atoms with Crippen molar-refractivity contribution in [1.82, 2.24) is 9.97 Å². The topological polar surface area (TPSA) is 54.9 Å². The number of carbonyl (C=O) groups is 1. The normalized spacial score (nSPS) is 10.5. The Morgan fingerprint density at radius 1 is 1.13 bits per heavy atom. The summed E-state index contributed by atoms with van der Waals surface area (Å²) in [5.74, 6) is -0.507. The van der Waals surface area contributed by atoms with Crippen LogP contribution in [0.1, 0.15) is 16.4 Å². The highest BCUT2D eigenvalue weighted by Crippen LogP contribution is 2.15. The Balaban J connectivity index is 1.58. The molecule has 0 saturated heterocycles. The van der Waals surface area contributed by atoms with Crippen LogP contribution in [-0.2, 0) is 17.6 Å². The summed E-state index contributed by atoms with van der Waals surface area (Å²) in [5, 5.41) is 5.53. The lowest BCUT2D eigenvalue weighted by Crippen LogP contribution is -2.14. The number of amides is 1. The molecule has 0 spiro atoms. The van der Waals surface area contributed by atoms with Gasteiger partial charge in [0.25, 0.3) is 0 Å². The molecule has 0 radical (unpaired) electrons. The zero-order valence-electron chi connectivity index (χ0n) is 12.2. The molecule has 3 aromatic rings. The molecule has 3 rings (SSSR count). The largest absolute Gasteiger partial charge is 0.326 e. The number of aromatic nitrogens is 2. The first-order valence-corrected chi connectivity index (χ1v) is 7.95. The van der Waals surface area contributed by atoms with E-state index < -0.39 is 0 Å². The Morgan fingerprint density at radius 3 is 2.70 bits per heavy atom. The van der Waals surface area contributed by atoms with Crippen LogP contribution in [-0.4, -0.2) is 15.9 Å². The van der Waals surface area contributed by atoms with Crippen molar-refractivity contribution in [1.29, 1.82) is 0 Å². The summed E-state index contributed by atoms with van der Waals surface area (Å²) in [4.78, 5) is 20.7. The molecule has 0 aliphatic carbocycles. The van der Waals surface area contributed by atoms with Crippen molar-refractivity contribution in [3.8, 4) is 0 Å². The van der Waals surface area contributed by atoms with Crippen molar-refractivity contribution in [3.05, 3.63) is 76.3 Å². The zero-order valence-corrected chi connectivity index (χ0v) is 13.0. The molecule has 23 heavy (non-hydrogen) atoms. The van der Waals surface area contributed by atoms with Gasteiger partial charge in [0.05, 0.1) is 17.1 Å². The van der Waals surface area contributed by atoms with Gasteiger partial charge in [-0.1, -0.05) is 6.07 Å². The van der Waals surface area contributed by atoms with E-state index in [2.05, 4.69) is 15.3 Å². The van der Waals surface area contributed by atoms with E-state index in [0.29, 0.717) is 12.1 Å². The van der Waals surface area contributed by atoms with Gasteiger partial charge in [0.1, 0.15) is 5.82 Å². The molecule has 1 amide bonds. The van der Waals surface area contributed by atoms with Gasteiger partial charge in [0, 0.05) is 29.4 Å². The van der Waals surface area contributed by atoms with Crippen molar-refractivity contribution in [2.75, 3.05) is 5.32 Å². The van der Waals surface area contributed by atoms with E-state index in [9.17, 15) is 9.18 Å². The average molecular weight is 327 g/mol. The maximum Gasteiger partial charge on any atom is 0.230 e. The lowest BCUT2D eigenvalue weighted by Gasteiger charge is -2.03. The molecule has 0 bridgehead atoms. The van der Waals surface area contributed by atoms with Gasteiger partial charge in [0.2, 0.25) is 5.91 Å². The predicted molar refractivity (Wildman–Crippen MR) is 87.9 cm³/mol. The lowest BCUT2D eigenvalue weighted by atomic mass is 10.2. The van der Waals surface area contributed by atoms with Crippen LogP contribution in [0.15, 0.2) is 54.0 Å². The van der Waals surface area contributed by atoms with Crippen LogP contribution in [0.2, 0.25) is 0 Å². The molecule has 1 aromatic carbocycles. The minimum absolute atomic E-state index is 0.175. The van der Waals surface area contributed by atoms with Crippen LogP contribution < -0.4 is 5.32 Å². The number of pyridine rings is 1. The molecule has 0 aliphatic heterocycles. The van der Waals surface area contributed by atoms with E-state index in [4.69, 9.17) is 0 Å². The van der Waals surface area contributed by atoms with Gasteiger partial charge in [-0.15, -0.1) is 11.3 Å². The Hall–Kier alpha value is -2.60. The first-order valence-electron chi connectivity index (χ1n) is 7.07. The molecule has 116 valence electrons. The number of rotatable bonds is 5. The third-order valence-corrected chi connectivity index (χ3v) is 4.03. The number of benzene rings is 1. The van der Waals surface area contributed by atoms with Crippen LogP contribution >= 0.6 is 11.3 Å². The SMILES string of the molecule is O=C(Cc1csc(Cc2ccccn2)n1)Nc1ccc(F)cc1. The second-order valence-corrected chi connectivity index (χ2v) is 5.90.